The molecule has 13 heavy (non-hydrogen) atoms. The first-order valence-corrected chi connectivity index (χ1v) is 4.27. The zero-order chi connectivity index (χ0) is 10.0. The Labute approximate surface area is 76.9 Å². The summed E-state index contributed by atoms with van der Waals surface area (Å²) in [6.07, 6.45) is -3.65. The fourth-order valence-corrected chi connectivity index (χ4v) is 1.55. The van der Waals surface area contributed by atoms with E-state index in [0.29, 0.717) is 0 Å². The van der Waals surface area contributed by atoms with Crippen molar-refractivity contribution in [2.24, 2.45) is 0 Å². The van der Waals surface area contributed by atoms with E-state index in [9.17, 15) is 10.2 Å². The minimum Gasteiger partial charge on any atom is -0.394 e. The van der Waals surface area contributed by atoms with Crippen molar-refractivity contribution < 1.29 is 24.8 Å². The van der Waals surface area contributed by atoms with Crippen molar-refractivity contribution in [2.45, 2.75) is 37.4 Å². The van der Waals surface area contributed by atoms with Gasteiger partial charge in [-0.1, -0.05) is 0 Å². The number of hydrogen-bond donors (Lipinski definition) is 3. The smallest absolute Gasteiger partial charge is 0.114 e. The number of methoxy groups -OCH3 is 1. The van der Waals surface area contributed by atoms with Crippen molar-refractivity contribution in [3.8, 4) is 0 Å². The lowest BCUT2D eigenvalue weighted by molar-refractivity contribution is -0.231. The molecule has 0 radical (unpaired) electrons. The molecule has 0 bridgehead atoms. The minimum absolute atomic E-state index is 0.280. The molecule has 1 heterocycles. The van der Waals surface area contributed by atoms with E-state index in [2.05, 4.69) is 0 Å². The fourth-order valence-electron chi connectivity index (χ4n) is 1.55. The van der Waals surface area contributed by atoms with Gasteiger partial charge in [-0.25, -0.2) is 0 Å². The first-order chi connectivity index (χ1) is 6.11. The first-order valence-electron chi connectivity index (χ1n) is 4.27. The standard InChI is InChI=1S/C8H16O5/c1-4-6(10)8(12-2)7(11)5(3-9)13-4/h4-11H,3H2,1-2H3/t4-,5?,6?,7+,8+/m0/s1. The lowest BCUT2D eigenvalue weighted by Crippen LogP contribution is -2.58. The van der Waals surface area contributed by atoms with E-state index in [-0.39, 0.29) is 6.61 Å². The van der Waals surface area contributed by atoms with Crippen LogP contribution in [0.25, 0.3) is 0 Å². The number of ether oxygens (including phenoxy) is 2. The van der Waals surface area contributed by atoms with Crippen LogP contribution >= 0.6 is 0 Å². The molecule has 0 spiro atoms. The molecule has 5 heteroatoms. The summed E-state index contributed by atoms with van der Waals surface area (Å²) in [6.45, 7) is 1.39. The normalized spacial score (nSPS) is 46.4. The molecule has 2 unspecified atom stereocenters. The lowest BCUT2D eigenvalue weighted by atomic mass is 9.96. The third-order valence-corrected chi connectivity index (χ3v) is 2.38. The molecule has 1 aliphatic heterocycles. The average Bonchev–Trinajstić information content (AvgIpc) is 2.12. The van der Waals surface area contributed by atoms with Crippen LogP contribution in [0.3, 0.4) is 0 Å². The molecule has 78 valence electrons. The Morgan fingerprint density at radius 1 is 1.31 bits per heavy atom. The van der Waals surface area contributed by atoms with Crippen LogP contribution in [0, 0.1) is 0 Å². The summed E-state index contributed by atoms with van der Waals surface area (Å²) in [5.74, 6) is 0. The van der Waals surface area contributed by atoms with E-state index >= 15 is 0 Å². The molecule has 0 aliphatic carbocycles. The molecule has 5 nitrogen and oxygen atoms in total. The SMILES string of the molecule is CO[C@@H]1C(O)[C@H](C)OC(CO)[C@H]1O. The van der Waals surface area contributed by atoms with Gasteiger partial charge >= 0.3 is 0 Å². The largest absolute Gasteiger partial charge is 0.394 e. The highest BCUT2D eigenvalue weighted by Crippen LogP contribution is 2.22. The summed E-state index contributed by atoms with van der Waals surface area (Å²) in [5.41, 5.74) is 0. The summed E-state index contributed by atoms with van der Waals surface area (Å²) in [7, 11) is 1.41. The number of aliphatic hydroxyl groups is 3. The van der Waals surface area contributed by atoms with Crippen molar-refractivity contribution >= 4 is 0 Å². The van der Waals surface area contributed by atoms with Gasteiger partial charge < -0.3 is 24.8 Å². The molecule has 0 aromatic carbocycles. The predicted molar refractivity (Wildman–Crippen MR) is 44.2 cm³/mol. The molecular formula is C8H16O5. The van der Waals surface area contributed by atoms with Gasteiger partial charge in [0.2, 0.25) is 0 Å². The van der Waals surface area contributed by atoms with Crippen LogP contribution in [0.5, 0.6) is 0 Å². The van der Waals surface area contributed by atoms with Crippen LogP contribution in [0.2, 0.25) is 0 Å². The van der Waals surface area contributed by atoms with Crippen molar-refractivity contribution in [1.82, 2.24) is 0 Å². The van der Waals surface area contributed by atoms with E-state index in [1.807, 2.05) is 0 Å². The highest BCUT2D eigenvalue weighted by molar-refractivity contribution is 4.91. The van der Waals surface area contributed by atoms with Crippen LogP contribution in [-0.4, -0.2) is 59.6 Å². The first kappa shape index (κ1) is 10.9. The lowest BCUT2D eigenvalue weighted by Gasteiger charge is -2.40. The van der Waals surface area contributed by atoms with Gasteiger partial charge in [-0.3, -0.25) is 0 Å². The van der Waals surface area contributed by atoms with Crippen molar-refractivity contribution in [3.63, 3.8) is 0 Å². The number of aliphatic hydroxyl groups excluding tert-OH is 3. The maximum absolute atomic E-state index is 9.55. The molecule has 1 saturated heterocycles. The van der Waals surface area contributed by atoms with Gasteiger partial charge in [-0.05, 0) is 6.92 Å². The zero-order valence-electron chi connectivity index (χ0n) is 7.75. The zero-order valence-corrected chi connectivity index (χ0v) is 7.75. The molecule has 5 atom stereocenters. The molecule has 0 aromatic heterocycles. The number of rotatable bonds is 2. The maximum Gasteiger partial charge on any atom is 0.114 e. The molecule has 0 amide bonds. The Hall–Kier alpha value is -0.200. The van der Waals surface area contributed by atoms with Crippen LogP contribution in [-0.2, 0) is 9.47 Å². The monoisotopic (exact) mass is 192 g/mol. The van der Waals surface area contributed by atoms with Gasteiger partial charge in [0.25, 0.3) is 0 Å². The van der Waals surface area contributed by atoms with Gasteiger partial charge in [0.1, 0.15) is 24.4 Å². The minimum atomic E-state index is -0.985. The second kappa shape index (κ2) is 4.34. The van der Waals surface area contributed by atoms with E-state index in [4.69, 9.17) is 14.6 Å². The molecule has 0 saturated carbocycles. The van der Waals surface area contributed by atoms with Gasteiger partial charge in [0.05, 0.1) is 12.7 Å². The third kappa shape index (κ3) is 2.00. The second-order valence-corrected chi connectivity index (χ2v) is 3.24. The topological polar surface area (TPSA) is 79.2 Å². The van der Waals surface area contributed by atoms with Crippen LogP contribution in [0.15, 0.2) is 0 Å². The van der Waals surface area contributed by atoms with Gasteiger partial charge in [-0.2, -0.15) is 0 Å². The Balaban J connectivity index is 2.69. The Morgan fingerprint density at radius 2 is 1.92 bits per heavy atom. The molecule has 1 rings (SSSR count). The summed E-state index contributed by atoms with van der Waals surface area (Å²) in [6, 6.07) is 0. The molecular weight excluding hydrogens is 176 g/mol. The number of hydrogen-bond acceptors (Lipinski definition) is 5. The molecule has 0 aromatic rings. The Morgan fingerprint density at radius 3 is 2.38 bits per heavy atom. The molecule has 1 fully saturated rings. The quantitative estimate of drug-likeness (QED) is 0.496. The van der Waals surface area contributed by atoms with E-state index in [0.717, 1.165) is 0 Å². The van der Waals surface area contributed by atoms with Gasteiger partial charge in [0.15, 0.2) is 0 Å². The second-order valence-electron chi connectivity index (χ2n) is 3.24. The highest BCUT2D eigenvalue weighted by atomic mass is 16.6. The summed E-state index contributed by atoms with van der Waals surface area (Å²) in [4.78, 5) is 0. The summed E-state index contributed by atoms with van der Waals surface area (Å²) in [5, 5.41) is 27.9. The van der Waals surface area contributed by atoms with Crippen molar-refractivity contribution in [1.29, 1.82) is 0 Å². The van der Waals surface area contributed by atoms with Gasteiger partial charge in [0, 0.05) is 7.11 Å². The van der Waals surface area contributed by atoms with Crippen LogP contribution in [0.1, 0.15) is 6.92 Å². The van der Waals surface area contributed by atoms with E-state index < -0.39 is 30.5 Å². The molecule has 1 aliphatic rings. The van der Waals surface area contributed by atoms with Crippen LogP contribution in [0.4, 0.5) is 0 Å². The Bertz CT molecular complexity index is 163. The van der Waals surface area contributed by atoms with Crippen molar-refractivity contribution in [3.05, 3.63) is 0 Å². The van der Waals surface area contributed by atoms with E-state index in [1.54, 1.807) is 6.92 Å². The Kier molecular flexibility index (Phi) is 3.63. The summed E-state index contributed by atoms with van der Waals surface area (Å²) < 4.78 is 10.1. The summed E-state index contributed by atoms with van der Waals surface area (Å²) >= 11 is 0. The van der Waals surface area contributed by atoms with Crippen LogP contribution < -0.4 is 0 Å². The molecule has 3 N–H and O–H groups in total. The fraction of sp³-hybridized carbons (Fsp3) is 1.00. The predicted octanol–water partition coefficient (Wildman–Crippen LogP) is -1.50. The van der Waals surface area contributed by atoms with E-state index in [1.165, 1.54) is 7.11 Å². The average molecular weight is 192 g/mol. The van der Waals surface area contributed by atoms with Gasteiger partial charge in [-0.15, -0.1) is 0 Å². The van der Waals surface area contributed by atoms with Crippen molar-refractivity contribution in [2.75, 3.05) is 13.7 Å². The maximum atomic E-state index is 9.55. The highest BCUT2D eigenvalue weighted by Gasteiger charge is 2.42. The third-order valence-electron chi connectivity index (χ3n) is 2.38.